The molecule has 0 spiro atoms. The molecule has 3 rings (SSSR count). The first-order valence-electron chi connectivity index (χ1n) is 10.5. The van der Waals surface area contributed by atoms with Crippen LogP contribution in [0, 0.1) is 25.2 Å². The van der Waals surface area contributed by atoms with E-state index in [-0.39, 0.29) is 5.57 Å². The molecule has 0 unspecified atom stereocenters. The van der Waals surface area contributed by atoms with Crippen LogP contribution in [0.15, 0.2) is 66.2 Å². The van der Waals surface area contributed by atoms with Crippen molar-refractivity contribution in [3.05, 3.63) is 93.5 Å². The standard InChI is InChI=1S/C27H25ClN2O3/c1-4-32-25-15-21(10-13-24(25)33-17-20-8-11-23(28)12-9-20)14-22(16-29)27(31)30-26-18(2)6-5-7-19(26)3/h5-15H,4,17H2,1-3H3,(H,30,31)/b22-14-. The summed E-state index contributed by atoms with van der Waals surface area (Å²) >= 11 is 5.93. The smallest absolute Gasteiger partial charge is 0.266 e. The van der Waals surface area contributed by atoms with Gasteiger partial charge in [0.2, 0.25) is 0 Å². The van der Waals surface area contributed by atoms with Crippen LogP contribution in [0.2, 0.25) is 5.02 Å². The predicted octanol–water partition coefficient (Wildman–Crippen LogP) is 6.48. The quantitative estimate of drug-likeness (QED) is 0.308. The Hall–Kier alpha value is -3.75. The number of nitrogens with zero attached hydrogens (tertiary/aromatic N) is 1. The summed E-state index contributed by atoms with van der Waals surface area (Å²) in [7, 11) is 0. The lowest BCUT2D eigenvalue weighted by molar-refractivity contribution is -0.112. The lowest BCUT2D eigenvalue weighted by atomic mass is 10.1. The first-order chi connectivity index (χ1) is 15.9. The molecule has 0 saturated heterocycles. The average Bonchev–Trinajstić information content (AvgIpc) is 2.80. The third kappa shape index (κ3) is 6.38. The van der Waals surface area contributed by atoms with Crippen molar-refractivity contribution in [3.8, 4) is 17.6 Å². The molecule has 0 heterocycles. The molecule has 168 valence electrons. The average molecular weight is 461 g/mol. The van der Waals surface area contributed by atoms with Crippen molar-refractivity contribution in [2.45, 2.75) is 27.4 Å². The van der Waals surface area contributed by atoms with E-state index in [0.29, 0.717) is 41.0 Å². The summed E-state index contributed by atoms with van der Waals surface area (Å²) in [5.74, 6) is 0.644. The Kier molecular flexibility index (Phi) is 8.12. The summed E-state index contributed by atoms with van der Waals surface area (Å²) in [6.07, 6.45) is 1.54. The van der Waals surface area contributed by atoms with Crippen LogP contribution in [0.4, 0.5) is 5.69 Å². The van der Waals surface area contributed by atoms with Crippen molar-refractivity contribution >= 4 is 29.3 Å². The molecule has 5 nitrogen and oxygen atoms in total. The zero-order valence-corrected chi connectivity index (χ0v) is 19.6. The van der Waals surface area contributed by atoms with Crippen LogP contribution in [0.1, 0.15) is 29.2 Å². The van der Waals surface area contributed by atoms with Crippen LogP contribution in [0.25, 0.3) is 6.08 Å². The number of aryl methyl sites for hydroxylation is 2. The highest BCUT2D eigenvalue weighted by Crippen LogP contribution is 2.30. The first kappa shape index (κ1) is 23.9. The summed E-state index contributed by atoms with van der Waals surface area (Å²) in [5.41, 5.74) is 4.20. The molecule has 0 aliphatic heterocycles. The van der Waals surface area contributed by atoms with Gasteiger partial charge in [-0.2, -0.15) is 5.26 Å². The highest BCUT2D eigenvalue weighted by atomic mass is 35.5. The third-order valence-electron chi connectivity index (χ3n) is 4.97. The van der Waals surface area contributed by atoms with Crippen LogP contribution < -0.4 is 14.8 Å². The number of nitrogens with one attached hydrogen (secondary N) is 1. The van der Waals surface area contributed by atoms with Crippen molar-refractivity contribution in [1.29, 1.82) is 5.26 Å². The summed E-state index contributed by atoms with van der Waals surface area (Å²) in [4.78, 5) is 12.7. The molecule has 1 N–H and O–H groups in total. The SMILES string of the molecule is CCOc1cc(/C=C(/C#N)C(=O)Nc2c(C)cccc2C)ccc1OCc1ccc(Cl)cc1. The van der Waals surface area contributed by atoms with Crippen LogP contribution in [-0.2, 0) is 11.4 Å². The minimum absolute atomic E-state index is 0.00469. The zero-order valence-electron chi connectivity index (χ0n) is 18.8. The molecule has 3 aromatic carbocycles. The third-order valence-corrected chi connectivity index (χ3v) is 5.22. The highest BCUT2D eigenvalue weighted by Gasteiger charge is 2.13. The fraction of sp³-hybridized carbons (Fsp3) is 0.185. The number of ether oxygens (including phenoxy) is 2. The highest BCUT2D eigenvalue weighted by molar-refractivity contribution is 6.30. The normalized spacial score (nSPS) is 10.9. The number of halogens is 1. The molecule has 0 aliphatic carbocycles. The number of anilines is 1. The van der Waals surface area contributed by atoms with Gasteiger partial charge in [0.05, 0.1) is 6.61 Å². The number of carbonyl (C=O) groups excluding carboxylic acids is 1. The second kappa shape index (κ2) is 11.2. The van der Waals surface area contributed by atoms with E-state index in [4.69, 9.17) is 21.1 Å². The molecule has 0 aliphatic rings. The number of carbonyl (C=O) groups is 1. The second-order valence-corrected chi connectivity index (χ2v) is 7.88. The van der Waals surface area contributed by atoms with E-state index in [1.807, 2.05) is 69.3 Å². The van der Waals surface area contributed by atoms with Gasteiger partial charge in [-0.15, -0.1) is 0 Å². The second-order valence-electron chi connectivity index (χ2n) is 7.45. The number of hydrogen-bond donors (Lipinski definition) is 1. The fourth-order valence-corrected chi connectivity index (χ4v) is 3.38. The molecule has 0 bridgehead atoms. The van der Waals surface area contributed by atoms with Crippen molar-refractivity contribution in [3.63, 3.8) is 0 Å². The van der Waals surface area contributed by atoms with Gasteiger partial charge in [0.25, 0.3) is 5.91 Å². The number of amides is 1. The van der Waals surface area contributed by atoms with Gasteiger partial charge in [0, 0.05) is 10.7 Å². The van der Waals surface area contributed by atoms with Crippen molar-refractivity contribution < 1.29 is 14.3 Å². The zero-order chi connectivity index (χ0) is 23.8. The van der Waals surface area contributed by atoms with Gasteiger partial charge in [-0.1, -0.05) is 48.0 Å². The Labute approximate surface area is 199 Å². The Balaban J connectivity index is 1.80. The molecule has 6 heteroatoms. The van der Waals surface area contributed by atoms with E-state index < -0.39 is 5.91 Å². The maximum Gasteiger partial charge on any atom is 0.266 e. The maximum absolute atomic E-state index is 12.7. The van der Waals surface area contributed by atoms with Gasteiger partial charge < -0.3 is 14.8 Å². The van der Waals surface area contributed by atoms with E-state index in [2.05, 4.69) is 5.32 Å². The van der Waals surface area contributed by atoms with E-state index in [9.17, 15) is 10.1 Å². The molecule has 33 heavy (non-hydrogen) atoms. The number of rotatable bonds is 8. The molecule has 0 atom stereocenters. The molecule has 0 radical (unpaired) electrons. The molecule has 1 amide bonds. The van der Waals surface area contributed by atoms with Gasteiger partial charge in [-0.25, -0.2) is 0 Å². The lowest BCUT2D eigenvalue weighted by Crippen LogP contribution is -2.15. The molecular weight excluding hydrogens is 436 g/mol. The Morgan fingerprint density at radius 3 is 2.36 bits per heavy atom. The van der Waals surface area contributed by atoms with Crippen molar-refractivity contribution in [2.24, 2.45) is 0 Å². The molecule has 0 fully saturated rings. The number of benzene rings is 3. The summed E-state index contributed by atoms with van der Waals surface area (Å²) < 4.78 is 11.7. The Bertz CT molecular complexity index is 1190. The van der Waals surface area contributed by atoms with Gasteiger partial charge >= 0.3 is 0 Å². The minimum Gasteiger partial charge on any atom is -0.490 e. The molecule has 3 aromatic rings. The largest absolute Gasteiger partial charge is 0.490 e. The van der Waals surface area contributed by atoms with Gasteiger partial charge in [0.1, 0.15) is 18.2 Å². The van der Waals surface area contributed by atoms with E-state index in [0.717, 1.165) is 16.7 Å². The lowest BCUT2D eigenvalue weighted by Gasteiger charge is -2.13. The van der Waals surface area contributed by atoms with Gasteiger partial charge in [-0.05, 0) is 73.4 Å². The molecule has 0 saturated carbocycles. The molecular formula is C27H25ClN2O3. The van der Waals surface area contributed by atoms with E-state index in [1.54, 1.807) is 18.2 Å². The predicted molar refractivity (Wildman–Crippen MR) is 132 cm³/mol. The monoisotopic (exact) mass is 460 g/mol. The topological polar surface area (TPSA) is 71.3 Å². The van der Waals surface area contributed by atoms with Crippen molar-refractivity contribution in [1.82, 2.24) is 0 Å². The van der Waals surface area contributed by atoms with Gasteiger partial charge in [-0.3, -0.25) is 4.79 Å². The van der Waals surface area contributed by atoms with Crippen LogP contribution >= 0.6 is 11.6 Å². The Morgan fingerprint density at radius 1 is 1.03 bits per heavy atom. The van der Waals surface area contributed by atoms with E-state index >= 15 is 0 Å². The summed E-state index contributed by atoms with van der Waals surface area (Å²) in [5, 5.41) is 13.1. The Morgan fingerprint density at radius 2 is 1.73 bits per heavy atom. The maximum atomic E-state index is 12.7. The number of hydrogen-bond acceptors (Lipinski definition) is 4. The van der Waals surface area contributed by atoms with Gasteiger partial charge in [0.15, 0.2) is 11.5 Å². The molecule has 0 aromatic heterocycles. The van der Waals surface area contributed by atoms with Crippen LogP contribution in [0.3, 0.4) is 0 Å². The summed E-state index contributed by atoms with van der Waals surface area (Å²) in [6.45, 7) is 6.51. The van der Waals surface area contributed by atoms with Crippen LogP contribution in [0.5, 0.6) is 11.5 Å². The summed E-state index contributed by atoms with van der Waals surface area (Å²) in [6, 6.07) is 20.5. The number of para-hydroxylation sites is 1. The van der Waals surface area contributed by atoms with Crippen LogP contribution in [-0.4, -0.2) is 12.5 Å². The fourth-order valence-electron chi connectivity index (χ4n) is 3.25. The first-order valence-corrected chi connectivity index (χ1v) is 10.9. The van der Waals surface area contributed by atoms with E-state index in [1.165, 1.54) is 6.08 Å². The minimum atomic E-state index is -0.462. The number of nitriles is 1. The van der Waals surface area contributed by atoms with Crippen molar-refractivity contribution in [2.75, 3.05) is 11.9 Å².